The number of nitrogens with one attached hydrogen (secondary N) is 2. The van der Waals surface area contributed by atoms with Crippen LogP contribution in [0.5, 0.6) is 0 Å². The first kappa shape index (κ1) is 28.0. The van der Waals surface area contributed by atoms with Crippen LogP contribution in [0.3, 0.4) is 0 Å². The number of morpholine rings is 1. The van der Waals surface area contributed by atoms with Crippen molar-refractivity contribution in [1.82, 2.24) is 15.5 Å². The number of allylic oxidation sites excluding steroid dienone is 7. The molecular formula is C31H50N3OP. The molecule has 1 fully saturated rings. The van der Waals surface area contributed by atoms with Crippen molar-refractivity contribution in [2.45, 2.75) is 82.2 Å². The summed E-state index contributed by atoms with van der Waals surface area (Å²) in [6, 6.07) is 0. The number of hydrogen-bond donors (Lipinski definition) is 2. The summed E-state index contributed by atoms with van der Waals surface area (Å²) in [4.78, 5) is 2.85. The summed E-state index contributed by atoms with van der Waals surface area (Å²) in [5.74, 6) is 1.20. The Hall–Kier alpha value is -1.03. The standard InChI is InChI=1S/C31H50N3OP/c1-2-3-20-32-21-13-22-33-23-29-24-34(25-30(36)35-29)31(26-14-7-4-8-15-26,27-16-9-5-10-17-27)28-18-11-6-12-19-28/h4-5,7-9,11,14,16,18,26,28-30,32-33H,2-3,6,10,12-13,15,17,19-25,36H2,1H3. The molecule has 4 rings (SSSR count). The highest BCUT2D eigenvalue weighted by atomic mass is 31.0. The van der Waals surface area contributed by atoms with E-state index in [4.69, 9.17) is 4.74 Å². The molecule has 0 aromatic rings. The van der Waals surface area contributed by atoms with Gasteiger partial charge in [0.05, 0.1) is 17.5 Å². The summed E-state index contributed by atoms with van der Waals surface area (Å²) in [7, 11) is 3.00. The zero-order chi connectivity index (χ0) is 25.1. The number of ether oxygens (including phenoxy) is 1. The van der Waals surface area contributed by atoms with Gasteiger partial charge in [-0.05, 0) is 82.5 Å². The van der Waals surface area contributed by atoms with Crippen molar-refractivity contribution < 1.29 is 4.74 Å². The highest BCUT2D eigenvalue weighted by molar-refractivity contribution is 7.17. The first-order valence-electron chi connectivity index (χ1n) is 14.7. The summed E-state index contributed by atoms with van der Waals surface area (Å²) in [5, 5.41) is 7.27. The Morgan fingerprint density at radius 3 is 2.61 bits per heavy atom. The van der Waals surface area contributed by atoms with Crippen molar-refractivity contribution in [2.24, 2.45) is 11.8 Å². The average molecular weight is 512 g/mol. The normalized spacial score (nSPS) is 30.3. The predicted molar refractivity (Wildman–Crippen MR) is 157 cm³/mol. The Morgan fingerprint density at radius 1 is 0.972 bits per heavy atom. The minimum absolute atomic E-state index is 0.0169. The van der Waals surface area contributed by atoms with Crippen LogP contribution < -0.4 is 10.6 Å². The maximum Gasteiger partial charge on any atom is 0.0839 e. The molecule has 0 radical (unpaired) electrons. The third-order valence-electron chi connectivity index (χ3n) is 8.39. The Bertz CT molecular complexity index is 815. The van der Waals surface area contributed by atoms with Crippen LogP contribution in [0.4, 0.5) is 0 Å². The van der Waals surface area contributed by atoms with E-state index >= 15 is 0 Å². The molecule has 0 amide bonds. The Labute approximate surface area is 223 Å². The number of rotatable bonds is 13. The van der Waals surface area contributed by atoms with Crippen molar-refractivity contribution in [1.29, 1.82) is 0 Å². The van der Waals surface area contributed by atoms with Gasteiger partial charge in [-0.2, -0.15) is 0 Å². The summed E-state index contributed by atoms with van der Waals surface area (Å²) >= 11 is 0. The Morgan fingerprint density at radius 2 is 1.86 bits per heavy atom. The smallest absolute Gasteiger partial charge is 0.0839 e. The van der Waals surface area contributed by atoms with Gasteiger partial charge in [-0.3, -0.25) is 4.90 Å². The molecule has 1 heterocycles. The molecular weight excluding hydrogens is 461 g/mol. The largest absolute Gasteiger partial charge is 0.367 e. The zero-order valence-electron chi connectivity index (χ0n) is 22.5. The van der Waals surface area contributed by atoms with Crippen LogP contribution in [-0.4, -0.2) is 61.7 Å². The van der Waals surface area contributed by atoms with E-state index < -0.39 is 0 Å². The van der Waals surface area contributed by atoms with Crippen LogP contribution in [-0.2, 0) is 4.74 Å². The molecule has 5 heteroatoms. The van der Waals surface area contributed by atoms with Crippen molar-refractivity contribution in [2.75, 3.05) is 39.3 Å². The van der Waals surface area contributed by atoms with Gasteiger partial charge in [0.1, 0.15) is 0 Å². The molecule has 36 heavy (non-hydrogen) atoms. The lowest BCUT2D eigenvalue weighted by atomic mass is 9.62. The lowest BCUT2D eigenvalue weighted by Gasteiger charge is -2.57. The molecule has 4 aliphatic rings. The fraction of sp³-hybridized carbons (Fsp3) is 0.677. The quantitative estimate of drug-likeness (QED) is 0.187. The average Bonchev–Trinajstić information content (AvgIpc) is 2.92. The molecule has 0 aromatic carbocycles. The van der Waals surface area contributed by atoms with Crippen LogP contribution >= 0.6 is 9.24 Å². The molecule has 0 saturated carbocycles. The van der Waals surface area contributed by atoms with Crippen LogP contribution in [0.25, 0.3) is 0 Å². The van der Waals surface area contributed by atoms with Crippen LogP contribution in [0.1, 0.15) is 64.7 Å². The molecule has 200 valence electrons. The van der Waals surface area contributed by atoms with Gasteiger partial charge in [0.25, 0.3) is 0 Å². The lowest BCUT2D eigenvalue weighted by molar-refractivity contribution is -0.0956. The monoisotopic (exact) mass is 511 g/mol. The first-order chi connectivity index (χ1) is 17.7. The third kappa shape index (κ3) is 7.08. The van der Waals surface area contributed by atoms with E-state index in [-0.39, 0.29) is 17.5 Å². The molecule has 4 nitrogen and oxygen atoms in total. The summed E-state index contributed by atoms with van der Waals surface area (Å²) in [6.07, 6.45) is 32.7. The highest BCUT2D eigenvalue weighted by Gasteiger charge is 2.52. The van der Waals surface area contributed by atoms with E-state index in [0.717, 1.165) is 52.1 Å². The second kappa shape index (κ2) is 14.8. The fourth-order valence-corrected chi connectivity index (χ4v) is 7.24. The molecule has 2 N–H and O–H groups in total. The second-order valence-electron chi connectivity index (χ2n) is 11.0. The minimum atomic E-state index is 0.0169. The topological polar surface area (TPSA) is 36.5 Å². The van der Waals surface area contributed by atoms with Crippen LogP contribution in [0, 0.1) is 11.8 Å². The maximum atomic E-state index is 6.49. The van der Waals surface area contributed by atoms with E-state index in [0.29, 0.717) is 11.8 Å². The molecule has 0 bridgehead atoms. The molecule has 1 saturated heterocycles. The van der Waals surface area contributed by atoms with Gasteiger partial charge < -0.3 is 15.4 Å². The van der Waals surface area contributed by atoms with Gasteiger partial charge in [-0.1, -0.05) is 68.0 Å². The van der Waals surface area contributed by atoms with E-state index in [1.54, 1.807) is 5.57 Å². The van der Waals surface area contributed by atoms with Crippen molar-refractivity contribution in [3.05, 3.63) is 60.3 Å². The molecule has 0 spiro atoms. The number of unbranched alkanes of at least 4 members (excludes halogenated alkanes) is 1. The Balaban J connectivity index is 1.51. The summed E-state index contributed by atoms with van der Waals surface area (Å²) < 4.78 is 6.49. The molecule has 6 unspecified atom stereocenters. The molecule has 3 aliphatic carbocycles. The molecule has 6 atom stereocenters. The SMILES string of the molecule is CCCCNCCCNCC1CN(C(C2=CC=CCC2)(C2C=CC=CC2)C2C=CCCC2)CC(P)O1. The Kier molecular flexibility index (Phi) is 11.5. The minimum Gasteiger partial charge on any atom is -0.367 e. The van der Waals surface area contributed by atoms with Crippen molar-refractivity contribution >= 4 is 9.24 Å². The van der Waals surface area contributed by atoms with E-state index in [1.807, 2.05) is 0 Å². The predicted octanol–water partition coefficient (Wildman–Crippen LogP) is 5.76. The van der Waals surface area contributed by atoms with E-state index in [2.05, 4.69) is 86.4 Å². The van der Waals surface area contributed by atoms with E-state index in [1.165, 1.54) is 44.9 Å². The number of hydrogen-bond acceptors (Lipinski definition) is 4. The van der Waals surface area contributed by atoms with Gasteiger partial charge in [-0.25, -0.2) is 0 Å². The third-order valence-corrected chi connectivity index (χ3v) is 8.76. The van der Waals surface area contributed by atoms with Crippen molar-refractivity contribution in [3.8, 4) is 0 Å². The van der Waals surface area contributed by atoms with Crippen LogP contribution in [0.15, 0.2) is 60.3 Å². The zero-order valence-corrected chi connectivity index (χ0v) is 23.7. The maximum absolute atomic E-state index is 6.49. The number of nitrogens with zero attached hydrogens (tertiary/aromatic N) is 1. The van der Waals surface area contributed by atoms with Crippen LogP contribution in [0.2, 0.25) is 0 Å². The fourth-order valence-electron chi connectivity index (χ4n) is 6.76. The van der Waals surface area contributed by atoms with Gasteiger partial charge >= 0.3 is 0 Å². The highest BCUT2D eigenvalue weighted by Crippen LogP contribution is 2.49. The first-order valence-corrected chi connectivity index (χ1v) is 15.4. The van der Waals surface area contributed by atoms with Crippen molar-refractivity contribution in [3.63, 3.8) is 0 Å². The molecule has 1 aliphatic heterocycles. The molecule has 0 aromatic heterocycles. The lowest BCUT2D eigenvalue weighted by Crippen LogP contribution is -2.65. The van der Waals surface area contributed by atoms with E-state index in [9.17, 15) is 0 Å². The summed E-state index contributed by atoms with van der Waals surface area (Å²) in [6.45, 7) is 8.41. The van der Waals surface area contributed by atoms with Gasteiger partial charge in [0.15, 0.2) is 0 Å². The second-order valence-corrected chi connectivity index (χ2v) is 11.7. The van der Waals surface area contributed by atoms with Gasteiger partial charge in [0, 0.05) is 25.6 Å². The van der Waals surface area contributed by atoms with Gasteiger partial charge in [0.2, 0.25) is 0 Å². The summed E-state index contributed by atoms with van der Waals surface area (Å²) in [5.41, 5.74) is 1.65. The van der Waals surface area contributed by atoms with Gasteiger partial charge in [-0.15, -0.1) is 9.24 Å².